The monoisotopic (exact) mass is 258 g/mol. The van der Waals surface area contributed by atoms with Crippen molar-refractivity contribution in [2.75, 3.05) is 0 Å². The predicted molar refractivity (Wildman–Crippen MR) is 75.9 cm³/mol. The standard InChI is InChI=1S/C16H18O3/c1-9(2)12-7-16(19)11(4-5-17)14-8-15(18)10(3)6-13(12)14/h5-9,18-19H,4H2,1-3H3. The Bertz CT molecular complexity index is 642. The Morgan fingerprint density at radius 3 is 2.37 bits per heavy atom. The van der Waals surface area contributed by atoms with Gasteiger partial charge in [0.05, 0.1) is 0 Å². The summed E-state index contributed by atoms with van der Waals surface area (Å²) in [5.41, 5.74) is 2.38. The second-order valence-electron chi connectivity index (χ2n) is 5.17. The van der Waals surface area contributed by atoms with E-state index in [1.54, 1.807) is 12.1 Å². The van der Waals surface area contributed by atoms with Gasteiger partial charge in [0.15, 0.2) is 0 Å². The highest BCUT2D eigenvalue weighted by Gasteiger charge is 2.15. The van der Waals surface area contributed by atoms with Crippen LogP contribution in [0.3, 0.4) is 0 Å². The highest BCUT2D eigenvalue weighted by molar-refractivity contribution is 5.94. The average molecular weight is 258 g/mol. The van der Waals surface area contributed by atoms with Crippen LogP contribution >= 0.6 is 0 Å². The first-order valence-electron chi connectivity index (χ1n) is 6.37. The fourth-order valence-electron chi connectivity index (χ4n) is 2.41. The summed E-state index contributed by atoms with van der Waals surface area (Å²) in [5.74, 6) is 0.550. The van der Waals surface area contributed by atoms with Gasteiger partial charge >= 0.3 is 0 Å². The highest BCUT2D eigenvalue weighted by atomic mass is 16.3. The first kappa shape index (κ1) is 13.4. The lowest BCUT2D eigenvalue weighted by Gasteiger charge is -2.16. The molecule has 0 aliphatic carbocycles. The van der Waals surface area contributed by atoms with Gasteiger partial charge < -0.3 is 15.0 Å². The maximum absolute atomic E-state index is 10.8. The Balaban J connectivity index is 2.90. The fraction of sp³-hybridized carbons (Fsp3) is 0.312. The van der Waals surface area contributed by atoms with Crippen molar-refractivity contribution < 1.29 is 15.0 Å². The molecule has 19 heavy (non-hydrogen) atoms. The normalized spacial score (nSPS) is 11.2. The van der Waals surface area contributed by atoms with E-state index in [0.29, 0.717) is 5.56 Å². The van der Waals surface area contributed by atoms with Crippen molar-refractivity contribution in [3.63, 3.8) is 0 Å². The van der Waals surface area contributed by atoms with Crippen molar-refractivity contribution in [3.8, 4) is 11.5 Å². The summed E-state index contributed by atoms with van der Waals surface area (Å²) in [6.07, 6.45) is 0.906. The minimum Gasteiger partial charge on any atom is -0.508 e. The summed E-state index contributed by atoms with van der Waals surface area (Å²) >= 11 is 0. The molecule has 0 fully saturated rings. The third-order valence-corrected chi connectivity index (χ3v) is 3.48. The summed E-state index contributed by atoms with van der Waals surface area (Å²) in [6.45, 7) is 5.94. The first-order valence-corrected chi connectivity index (χ1v) is 6.37. The molecule has 0 spiro atoms. The van der Waals surface area contributed by atoms with Gasteiger partial charge in [0.25, 0.3) is 0 Å². The SMILES string of the molecule is Cc1cc2c(C(C)C)cc(O)c(CC=O)c2cc1O. The molecule has 3 nitrogen and oxygen atoms in total. The Morgan fingerprint density at radius 1 is 1.11 bits per heavy atom. The second kappa shape index (κ2) is 4.92. The van der Waals surface area contributed by atoms with Gasteiger partial charge in [-0.2, -0.15) is 0 Å². The number of carbonyl (C=O) groups excluding carboxylic acids is 1. The number of benzene rings is 2. The molecule has 0 saturated heterocycles. The molecule has 2 aromatic carbocycles. The molecule has 2 N–H and O–H groups in total. The Labute approximate surface area is 112 Å². The molecule has 0 saturated carbocycles. The Kier molecular flexibility index (Phi) is 3.47. The van der Waals surface area contributed by atoms with Crippen molar-refractivity contribution in [2.45, 2.75) is 33.1 Å². The van der Waals surface area contributed by atoms with Gasteiger partial charge in [-0.25, -0.2) is 0 Å². The van der Waals surface area contributed by atoms with Crippen LogP contribution in [0.2, 0.25) is 0 Å². The van der Waals surface area contributed by atoms with Crippen LogP contribution in [-0.4, -0.2) is 16.5 Å². The zero-order valence-electron chi connectivity index (χ0n) is 11.4. The third kappa shape index (κ3) is 2.28. The van der Waals surface area contributed by atoms with Crippen LogP contribution in [0.25, 0.3) is 10.8 Å². The van der Waals surface area contributed by atoms with Crippen molar-refractivity contribution in [1.82, 2.24) is 0 Å². The van der Waals surface area contributed by atoms with Crippen LogP contribution in [-0.2, 0) is 11.2 Å². The number of phenols is 2. The maximum Gasteiger partial charge on any atom is 0.124 e. The molecule has 0 amide bonds. The zero-order valence-corrected chi connectivity index (χ0v) is 11.4. The number of hydrogen-bond donors (Lipinski definition) is 2. The molecule has 3 heteroatoms. The highest BCUT2D eigenvalue weighted by Crippen LogP contribution is 2.37. The van der Waals surface area contributed by atoms with E-state index in [1.165, 1.54) is 0 Å². The number of phenolic OH excluding ortho intramolecular Hbond substituents is 2. The molecular weight excluding hydrogens is 240 g/mol. The van der Waals surface area contributed by atoms with Gasteiger partial charge in [0.2, 0.25) is 0 Å². The summed E-state index contributed by atoms with van der Waals surface area (Å²) in [5, 5.41) is 21.7. The summed E-state index contributed by atoms with van der Waals surface area (Å²) in [7, 11) is 0. The predicted octanol–water partition coefficient (Wildman–Crippen LogP) is 3.42. The molecule has 0 unspecified atom stereocenters. The van der Waals surface area contributed by atoms with E-state index >= 15 is 0 Å². The molecule has 2 aromatic rings. The van der Waals surface area contributed by atoms with Gasteiger partial charge in [-0.3, -0.25) is 0 Å². The number of rotatable bonds is 3. The zero-order chi connectivity index (χ0) is 14.2. The van der Waals surface area contributed by atoms with Crippen LogP contribution in [0.4, 0.5) is 0 Å². The maximum atomic E-state index is 10.8. The largest absolute Gasteiger partial charge is 0.508 e. The Morgan fingerprint density at radius 2 is 1.79 bits per heavy atom. The summed E-state index contributed by atoms with van der Waals surface area (Å²) < 4.78 is 0. The summed E-state index contributed by atoms with van der Waals surface area (Å²) in [4.78, 5) is 10.8. The van der Waals surface area contributed by atoms with E-state index in [4.69, 9.17) is 0 Å². The number of aldehydes is 1. The molecule has 0 bridgehead atoms. The lowest BCUT2D eigenvalue weighted by molar-refractivity contribution is -0.107. The number of hydrogen-bond acceptors (Lipinski definition) is 3. The van der Waals surface area contributed by atoms with E-state index in [2.05, 4.69) is 13.8 Å². The van der Waals surface area contributed by atoms with E-state index in [1.807, 2.05) is 13.0 Å². The van der Waals surface area contributed by atoms with E-state index in [9.17, 15) is 15.0 Å². The van der Waals surface area contributed by atoms with Crippen LogP contribution in [0.1, 0.15) is 36.5 Å². The van der Waals surface area contributed by atoms with Gasteiger partial charge in [-0.15, -0.1) is 0 Å². The van der Waals surface area contributed by atoms with E-state index in [0.717, 1.165) is 28.2 Å². The van der Waals surface area contributed by atoms with Crippen LogP contribution in [0.15, 0.2) is 18.2 Å². The van der Waals surface area contributed by atoms with Crippen molar-refractivity contribution in [1.29, 1.82) is 0 Å². The minimum atomic E-state index is 0.117. The number of aromatic hydroxyl groups is 2. The number of aryl methyl sites for hydroxylation is 1. The fourth-order valence-corrected chi connectivity index (χ4v) is 2.41. The lowest BCUT2D eigenvalue weighted by atomic mass is 9.90. The number of carbonyl (C=O) groups is 1. The molecule has 0 aliphatic heterocycles. The molecule has 2 rings (SSSR count). The van der Waals surface area contributed by atoms with Gasteiger partial charge in [-0.1, -0.05) is 13.8 Å². The molecule has 0 radical (unpaired) electrons. The molecular formula is C16H18O3. The van der Waals surface area contributed by atoms with E-state index < -0.39 is 0 Å². The van der Waals surface area contributed by atoms with E-state index in [-0.39, 0.29) is 23.8 Å². The first-order chi connectivity index (χ1) is 8.95. The molecule has 0 heterocycles. The Hall–Kier alpha value is -2.03. The average Bonchev–Trinajstić information content (AvgIpc) is 2.34. The van der Waals surface area contributed by atoms with Gasteiger partial charge in [-0.05, 0) is 52.9 Å². The molecule has 0 aliphatic rings. The summed E-state index contributed by atoms with van der Waals surface area (Å²) in [6, 6.07) is 5.27. The topological polar surface area (TPSA) is 57.5 Å². The third-order valence-electron chi connectivity index (χ3n) is 3.48. The van der Waals surface area contributed by atoms with Crippen LogP contribution in [0.5, 0.6) is 11.5 Å². The van der Waals surface area contributed by atoms with Gasteiger partial charge in [0, 0.05) is 12.0 Å². The second-order valence-corrected chi connectivity index (χ2v) is 5.17. The van der Waals surface area contributed by atoms with Crippen molar-refractivity contribution >= 4 is 17.1 Å². The van der Waals surface area contributed by atoms with Crippen LogP contribution < -0.4 is 0 Å². The lowest BCUT2D eigenvalue weighted by Crippen LogP contribution is -1.96. The minimum absolute atomic E-state index is 0.117. The molecule has 0 atom stereocenters. The smallest absolute Gasteiger partial charge is 0.124 e. The van der Waals surface area contributed by atoms with Gasteiger partial charge in [0.1, 0.15) is 17.8 Å². The quantitative estimate of drug-likeness (QED) is 0.829. The number of fused-ring (bicyclic) bond motifs is 1. The van der Waals surface area contributed by atoms with Crippen LogP contribution in [0, 0.1) is 6.92 Å². The molecule has 100 valence electrons. The molecule has 0 aromatic heterocycles. The van der Waals surface area contributed by atoms with Crippen molar-refractivity contribution in [2.24, 2.45) is 0 Å². The van der Waals surface area contributed by atoms with Crippen molar-refractivity contribution in [3.05, 3.63) is 34.9 Å².